The number of nitrogens with one attached hydrogen (secondary N) is 3. The van der Waals surface area contributed by atoms with Crippen molar-refractivity contribution in [2.45, 2.75) is 45.1 Å². The van der Waals surface area contributed by atoms with Gasteiger partial charge in [0.2, 0.25) is 0 Å². The molecule has 0 radical (unpaired) electrons. The molecule has 2 aromatic rings. The Labute approximate surface area is 178 Å². The zero-order valence-electron chi connectivity index (χ0n) is 16.1. The minimum Gasteiger partial charge on any atom is -0.357 e. The molecule has 0 bridgehead atoms. The number of hydrogen-bond acceptors (Lipinski definition) is 3. The summed E-state index contributed by atoms with van der Waals surface area (Å²) in [6.45, 7) is 8.71. The number of aryl methyl sites for hydroxylation is 3. The molecule has 2 rings (SSSR count). The lowest BCUT2D eigenvalue weighted by molar-refractivity contribution is 0.741. The van der Waals surface area contributed by atoms with E-state index in [4.69, 9.17) is 4.99 Å². The molecule has 0 unspecified atom stereocenters. The van der Waals surface area contributed by atoms with Gasteiger partial charge in [-0.15, -0.1) is 35.7 Å². The Hall–Kier alpha value is -1.22. The minimum atomic E-state index is 0. The van der Waals surface area contributed by atoms with Crippen LogP contribution in [0.5, 0.6) is 0 Å². The van der Waals surface area contributed by atoms with E-state index in [1.807, 2.05) is 6.20 Å². The van der Waals surface area contributed by atoms with Crippen molar-refractivity contribution >= 4 is 41.7 Å². The van der Waals surface area contributed by atoms with Crippen LogP contribution in [0.3, 0.4) is 0 Å². The Morgan fingerprint density at radius 3 is 2.69 bits per heavy atom. The molecule has 0 fully saturated rings. The molecular formula is C19H30IN5S. The third-order valence-electron chi connectivity index (χ3n) is 4.04. The molecule has 1 aromatic carbocycles. The van der Waals surface area contributed by atoms with Crippen LogP contribution < -0.4 is 10.6 Å². The Balaban J connectivity index is 0.00000338. The molecule has 0 aliphatic rings. The van der Waals surface area contributed by atoms with Gasteiger partial charge in [-0.05, 0) is 62.6 Å². The van der Waals surface area contributed by atoms with E-state index in [1.165, 1.54) is 21.6 Å². The Kier molecular flexibility index (Phi) is 10.7. The van der Waals surface area contributed by atoms with Gasteiger partial charge in [-0.25, -0.2) is 4.99 Å². The summed E-state index contributed by atoms with van der Waals surface area (Å²) in [5.41, 5.74) is 5.00. The van der Waals surface area contributed by atoms with Crippen LogP contribution >= 0.6 is 35.7 Å². The van der Waals surface area contributed by atoms with Gasteiger partial charge in [0.15, 0.2) is 5.96 Å². The van der Waals surface area contributed by atoms with Crippen LogP contribution in [-0.4, -0.2) is 35.5 Å². The second-order valence-corrected chi connectivity index (χ2v) is 6.91. The van der Waals surface area contributed by atoms with Crippen molar-refractivity contribution in [3.8, 4) is 0 Å². The first kappa shape index (κ1) is 22.8. The summed E-state index contributed by atoms with van der Waals surface area (Å²) in [5.74, 6) is 0.874. The van der Waals surface area contributed by atoms with Gasteiger partial charge >= 0.3 is 0 Å². The summed E-state index contributed by atoms with van der Waals surface area (Å²) in [6, 6.07) is 6.55. The Bertz CT molecular complexity index is 699. The average molecular weight is 487 g/mol. The highest BCUT2D eigenvalue weighted by atomic mass is 127. The highest BCUT2D eigenvalue weighted by Gasteiger charge is 2.04. The summed E-state index contributed by atoms with van der Waals surface area (Å²) in [4.78, 5) is 6.04. The SMILES string of the molecule is CCNC(=NCc1ccc(C)cc1SC)NCCCc1cn[nH]c1C.I. The van der Waals surface area contributed by atoms with Crippen molar-refractivity contribution in [2.75, 3.05) is 19.3 Å². The van der Waals surface area contributed by atoms with Crippen molar-refractivity contribution in [3.63, 3.8) is 0 Å². The van der Waals surface area contributed by atoms with E-state index < -0.39 is 0 Å². The fourth-order valence-corrected chi connectivity index (χ4v) is 3.30. The van der Waals surface area contributed by atoms with Crippen LogP contribution in [0.15, 0.2) is 34.3 Å². The zero-order valence-corrected chi connectivity index (χ0v) is 19.2. The summed E-state index contributed by atoms with van der Waals surface area (Å²) in [7, 11) is 0. The molecule has 0 spiro atoms. The first-order valence-electron chi connectivity index (χ1n) is 8.78. The number of hydrogen-bond donors (Lipinski definition) is 3. The number of aliphatic imine (C=N–C) groups is 1. The second-order valence-electron chi connectivity index (χ2n) is 6.06. The second kappa shape index (κ2) is 12.2. The van der Waals surface area contributed by atoms with Gasteiger partial charge in [-0.1, -0.05) is 12.1 Å². The molecule has 0 saturated carbocycles. The van der Waals surface area contributed by atoms with Gasteiger partial charge in [0.05, 0.1) is 12.7 Å². The fourth-order valence-electron chi connectivity index (χ4n) is 2.60. The van der Waals surface area contributed by atoms with Gasteiger partial charge in [0.25, 0.3) is 0 Å². The number of nitrogens with zero attached hydrogens (tertiary/aromatic N) is 2. The third kappa shape index (κ3) is 7.19. The van der Waals surface area contributed by atoms with E-state index in [-0.39, 0.29) is 24.0 Å². The van der Waals surface area contributed by atoms with E-state index in [1.54, 1.807) is 11.8 Å². The molecule has 0 saturated heterocycles. The van der Waals surface area contributed by atoms with Gasteiger partial charge in [0, 0.05) is 23.7 Å². The van der Waals surface area contributed by atoms with Crippen LogP contribution in [0, 0.1) is 13.8 Å². The number of H-pyrrole nitrogens is 1. The lowest BCUT2D eigenvalue weighted by Crippen LogP contribution is -2.37. The molecule has 1 heterocycles. The maximum atomic E-state index is 4.74. The number of rotatable bonds is 8. The standard InChI is InChI=1S/C19H29N5S.HI/c1-5-20-19(21-10-6-7-16-13-23-24-15(16)3)22-12-17-9-8-14(2)11-18(17)25-4;/h8-9,11,13H,5-7,10,12H2,1-4H3,(H,23,24)(H2,20,21,22);1H. The van der Waals surface area contributed by atoms with E-state index in [9.17, 15) is 0 Å². The predicted octanol–water partition coefficient (Wildman–Crippen LogP) is 4.05. The smallest absolute Gasteiger partial charge is 0.191 e. The van der Waals surface area contributed by atoms with Crippen molar-refractivity contribution in [3.05, 3.63) is 46.8 Å². The van der Waals surface area contributed by atoms with Crippen molar-refractivity contribution in [2.24, 2.45) is 4.99 Å². The fraction of sp³-hybridized carbons (Fsp3) is 0.474. The Morgan fingerprint density at radius 1 is 1.23 bits per heavy atom. The Morgan fingerprint density at radius 2 is 2.04 bits per heavy atom. The van der Waals surface area contributed by atoms with Crippen LogP contribution in [0.4, 0.5) is 0 Å². The largest absolute Gasteiger partial charge is 0.357 e. The maximum absolute atomic E-state index is 4.74. The molecule has 7 heteroatoms. The van der Waals surface area contributed by atoms with E-state index in [0.717, 1.165) is 37.6 Å². The monoisotopic (exact) mass is 487 g/mol. The predicted molar refractivity (Wildman–Crippen MR) is 123 cm³/mol. The number of benzene rings is 1. The number of aromatic nitrogens is 2. The lowest BCUT2D eigenvalue weighted by Gasteiger charge is -2.12. The van der Waals surface area contributed by atoms with Crippen molar-refractivity contribution < 1.29 is 0 Å². The van der Waals surface area contributed by atoms with Crippen LogP contribution in [0.1, 0.15) is 35.7 Å². The van der Waals surface area contributed by atoms with Crippen LogP contribution in [-0.2, 0) is 13.0 Å². The maximum Gasteiger partial charge on any atom is 0.191 e. The highest BCUT2D eigenvalue weighted by Crippen LogP contribution is 2.22. The summed E-state index contributed by atoms with van der Waals surface area (Å²) in [5, 5.41) is 13.8. The van der Waals surface area contributed by atoms with Gasteiger partial charge in [0.1, 0.15) is 0 Å². The summed E-state index contributed by atoms with van der Waals surface area (Å²) in [6.07, 6.45) is 6.09. The first-order chi connectivity index (χ1) is 12.1. The molecule has 0 aliphatic heterocycles. The van der Waals surface area contributed by atoms with Gasteiger partial charge in [-0.3, -0.25) is 5.10 Å². The third-order valence-corrected chi connectivity index (χ3v) is 4.86. The molecule has 26 heavy (non-hydrogen) atoms. The first-order valence-corrected chi connectivity index (χ1v) is 10.0. The highest BCUT2D eigenvalue weighted by molar-refractivity contribution is 14.0. The van der Waals surface area contributed by atoms with Gasteiger partial charge in [-0.2, -0.15) is 5.10 Å². The quantitative estimate of drug-likeness (QED) is 0.173. The van der Waals surface area contributed by atoms with Crippen LogP contribution in [0.25, 0.3) is 0 Å². The number of halogens is 1. The lowest BCUT2D eigenvalue weighted by atomic mass is 10.1. The summed E-state index contributed by atoms with van der Waals surface area (Å²) >= 11 is 1.78. The molecule has 0 aliphatic carbocycles. The van der Waals surface area contributed by atoms with E-state index in [0.29, 0.717) is 6.54 Å². The topological polar surface area (TPSA) is 65.1 Å². The van der Waals surface area contributed by atoms with Crippen LogP contribution in [0.2, 0.25) is 0 Å². The molecule has 0 amide bonds. The molecule has 3 N–H and O–H groups in total. The molecule has 0 atom stereocenters. The zero-order chi connectivity index (χ0) is 18.1. The number of thioether (sulfide) groups is 1. The van der Waals surface area contributed by atoms with Crippen molar-refractivity contribution in [1.29, 1.82) is 0 Å². The van der Waals surface area contributed by atoms with E-state index >= 15 is 0 Å². The average Bonchev–Trinajstić information content (AvgIpc) is 3.02. The molecule has 1 aromatic heterocycles. The molecule has 144 valence electrons. The van der Waals surface area contributed by atoms with Crippen molar-refractivity contribution in [1.82, 2.24) is 20.8 Å². The van der Waals surface area contributed by atoms with Gasteiger partial charge < -0.3 is 10.6 Å². The summed E-state index contributed by atoms with van der Waals surface area (Å²) < 4.78 is 0. The molecule has 5 nitrogen and oxygen atoms in total. The normalized spacial score (nSPS) is 11.2. The minimum absolute atomic E-state index is 0. The molecular weight excluding hydrogens is 457 g/mol. The number of aromatic amines is 1. The number of guanidine groups is 1. The van der Waals surface area contributed by atoms with E-state index in [2.05, 4.69) is 66.1 Å².